The maximum Gasteiger partial charge on any atom is 0.245 e. The van der Waals surface area contributed by atoms with E-state index in [4.69, 9.17) is 0 Å². The second-order valence-electron chi connectivity index (χ2n) is 8.70. The molecule has 1 aliphatic heterocycles. The van der Waals surface area contributed by atoms with E-state index in [2.05, 4.69) is 46.4 Å². The van der Waals surface area contributed by atoms with Crippen molar-refractivity contribution in [3.05, 3.63) is 71.4 Å². The summed E-state index contributed by atoms with van der Waals surface area (Å²) in [5.41, 5.74) is 4.72. The van der Waals surface area contributed by atoms with Crippen LogP contribution in [0, 0.1) is 6.92 Å². The van der Waals surface area contributed by atoms with E-state index in [0.717, 1.165) is 42.5 Å². The first-order valence-electron chi connectivity index (χ1n) is 11.4. The predicted molar refractivity (Wildman–Crippen MR) is 127 cm³/mol. The zero-order valence-corrected chi connectivity index (χ0v) is 18.9. The second-order valence-corrected chi connectivity index (χ2v) is 8.70. The molecule has 1 atom stereocenters. The molecule has 1 fully saturated rings. The Morgan fingerprint density at radius 1 is 1.00 bits per heavy atom. The number of aryl methyl sites for hydroxylation is 1. The second kappa shape index (κ2) is 10.0. The molecule has 1 saturated heterocycles. The molecule has 1 aromatic heterocycles. The zero-order valence-electron chi connectivity index (χ0n) is 18.9. The molecule has 6 nitrogen and oxygen atoms in total. The van der Waals surface area contributed by atoms with Gasteiger partial charge in [-0.2, -0.15) is 0 Å². The summed E-state index contributed by atoms with van der Waals surface area (Å²) in [5.74, 6) is -0.178. The lowest BCUT2D eigenvalue weighted by molar-refractivity contribution is -0.136. The molecule has 0 spiro atoms. The number of rotatable bonds is 6. The van der Waals surface area contributed by atoms with Crippen LogP contribution in [0.25, 0.3) is 10.9 Å². The van der Waals surface area contributed by atoms with Crippen LogP contribution in [0.3, 0.4) is 0 Å². The molecule has 2 aromatic carbocycles. The minimum atomic E-state index is -0.561. The van der Waals surface area contributed by atoms with E-state index in [1.54, 1.807) is 0 Å². The standard InChI is InChI=1S/C26H32N4O2/c1-19-8-3-4-9-21(19)18-29-12-7-13-30(15-14-29)26(32)25(28-20(2)31)16-22-17-27-24-11-6-5-10-23(22)24/h3-6,8-11,17,25,27H,7,12-16,18H2,1-2H3,(H,28,31). The third kappa shape index (κ3) is 5.19. The minimum absolute atomic E-state index is 0.00298. The van der Waals surface area contributed by atoms with Crippen molar-refractivity contribution in [3.8, 4) is 0 Å². The quantitative estimate of drug-likeness (QED) is 0.628. The first-order chi connectivity index (χ1) is 15.5. The van der Waals surface area contributed by atoms with Crippen LogP contribution in [0.15, 0.2) is 54.7 Å². The summed E-state index contributed by atoms with van der Waals surface area (Å²) >= 11 is 0. The Labute approximate surface area is 189 Å². The van der Waals surface area contributed by atoms with Gasteiger partial charge in [-0.15, -0.1) is 0 Å². The van der Waals surface area contributed by atoms with Gasteiger partial charge in [0.1, 0.15) is 6.04 Å². The lowest BCUT2D eigenvalue weighted by Gasteiger charge is -2.27. The third-order valence-electron chi connectivity index (χ3n) is 6.33. The smallest absolute Gasteiger partial charge is 0.245 e. The number of aromatic amines is 1. The molecule has 2 amide bonds. The Morgan fingerprint density at radius 3 is 2.59 bits per heavy atom. The summed E-state index contributed by atoms with van der Waals surface area (Å²) in [4.78, 5) is 32.9. The molecule has 0 saturated carbocycles. The van der Waals surface area contributed by atoms with E-state index in [9.17, 15) is 9.59 Å². The zero-order chi connectivity index (χ0) is 22.5. The fourth-order valence-electron chi connectivity index (χ4n) is 4.56. The van der Waals surface area contributed by atoms with Crippen LogP contribution < -0.4 is 5.32 Å². The summed E-state index contributed by atoms with van der Waals surface area (Å²) in [7, 11) is 0. The van der Waals surface area contributed by atoms with Crippen molar-refractivity contribution in [2.45, 2.75) is 39.3 Å². The van der Waals surface area contributed by atoms with Crippen molar-refractivity contribution < 1.29 is 9.59 Å². The highest BCUT2D eigenvalue weighted by atomic mass is 16.2. The van der Waals surface area contributed by atoms with Gasteiger partial charge >= 0.3 is 0 Å². The van der Waals surface area contributed by atoms with E-state index in [-0.39, 0.29) is 11.8 Å². The predicted octanol–water partition coefficient (Wildman–Crippen LogP) is 3.26. The summed E-state index contributed by atoms with van der Waals surface area (Å²) in [6.07, 6.45) is 3.35. The average Bonchev–Trinajstić information content (AvgIpc) is 3.03. The molecule has 168 valence electrons. The largest absolute Gasteiger partial charge is 0.361 e. The van der Waals surface area contributed by atoms with Gasteiger partial charge in [-0.05, 0) is 36.1 Å². The summed E-state index contributed by atoms with van der Waals surface area (Å²) in [6, 6.07) is 16.0. The van der Waals surface area contributed by atoms with Gasteiger partial charge in [0.2, 0.25) is 11.8 Å². The van der Waals surface area contributed by atoms with E-state index >= 15 is 0 Å². The summed E-state index contributed by atoms with van der Waals surface area (Å²) in [6.45, 7) is 7.71. The Kier molecular flexibility index (Phi) is 6.90. The number of para-hydroxylation sites is 1. The number of nitrogens with zero attached hydrogens (tertiary/aromatic N) is 2. The number of H-pyrrole nitrogens is 1. The lowest BCUT2D eigenvalue weighted by atomic mass is 10.0. The van der Waals surface area contributed by atoms with Gasteiger partial charge in [-0.3, -0.25) is 14.5 Å². The highest BCUT2D eigenvalue weighted by Crippen LogP contribution is 2.20. The fraction of sp³-hybridized carbons (Fsp3) is 0.385. The van der Waals surface area contributed by atoms with Crippen LogP contribution in [0.4, 0.5) is 0 Å². The monoisotopic (exact) mass is 432 g/mol. The van der Waals surface area contributed by atoms with Gasteiger partial charge in [0.05, 0.1) is 0 Å². The molecule has 6 heteroatoms. The fourth-order valence-corrected chi connectivity index (χ4v) is 4.56. The van der Waals surface area contributed by atoms with Crippen LogP contribution >= 0.6 is 0 Å². The summed E-state index contributed by atoms with van der Waals surface area (Å²) < 4.78 is 0. The molecular weight excluding hydrogens is 400 g/mol. The van der Waals surface area contributed by atoms with Crippen molar-refractivity contribution in [1.82, 2.24) is 20.1 Å². The Hall–Kier alpha value is -3.12. The van der Waals surface area contributed by atoms with Crippen LogP contribution in [0.2, 0.25) is 0 Å². The van der Waals surface area contributed by atoms with Gasteiger partial charge in [0.15, 0.2) is 0 Å². The number of carbonyl (C=O) groups is 2. The van der Waals surface area contributed by atoms with Crippen molar-refractivity contribution in [1.29, 1.82) is 0 Å². The molecule has 0 radical (unpaired) electrons. The number of hydrogen-bond donors (Lipinski definition) is 2. The Balaban J connectivity index is 1.44. The molecule has 1 aliphatic rings. The first-order valence-corrected chi connectivity index (χ1v) is 11.4. The molecule has 4 rings (SSSR count). The highest BCUT2D eigenvalue weighted by molar-refractivity contribution is 5.89. The molecule has 0 bridgehead atoms. The van der Waals surface area contributed by atoms with E-state index in [1.165, 1.54) is 18.1 Å². The van der Waals surface area contributed by atoms with Gasteiger partial charge < -0.3 is 15.2 Å². The number of benzene rings is 2. The summed E-state index contributed by atoms with van der Waals surface area (Å²) in [5, 5.41) is 3.99. The van der Waals surface area contributed by atoms with E-state index < -0.39 is 6.04 Å². The van der Waals surface area contributed by atoms with Crippen LogP contribution in [-0.2, 0) is 22.6 Å². The van der Waals surface area contributed by atoms with Crippen molar-refractivity contribution in [3.63, 3.8) is 0 Å². The Morgan fingerprint density at radius 2 is 1.78 bits per heavy atom. The Bertz CT molecular complexity index is 1090. The number of fused-ring (bicyclic) bond motifs is 1. The number of carbonyl (C=O) groups excluding carboxylic acids is 2. The maximum absolute atomic E-state index is 13.5. The SMILES string of the molecule is CC(=O)NC(Cc1c[nH]c2ccccc12)C(=O)N1CCCN(Cc2ccccc2C)CC1. The third-order valence-corrected chi connectivity index (χ3v) is 6.33. The molecule has 0 aliphatic carbocycles. The number of amides is 2. The number of hydrogen-bond acceptors (Lipinski definition) is 3. The highest BCUT2D eigenvalue weighted by Gasteiger charge is 2.28. The van der Waals surface area contributed by atoms with Crippen molar-refractivity contribution in [2.24, 2.45) is 0 Å². The van der Waals surface area contributed by atoms with E-state index in [0.29, 0.717) is 19.5 Å². The molecule has 2 N–H and O–H groups in total. The van der Waals surface area contributed by atoms with Gasteiger partial charge in [0, 0.05) is 63.2 Å². The molecule has 32 heavy (non-hydrogen) atoms. The molecular formula is C26H32N4O2. The first kappa shape index (κ1) is 22.1. The average molecular weight is 433 g/mol. The molecule has 2 heterocycles. The van der Waals surface area contributed by atoms with Crippen LogP contribution in [0.5, 0.6) is 0 Å². The van der Waals surface area contributed by atoms with Crippen molar-refractivity contribution >= 4 is 22.7 Å². The van der Waals surface area contributed by atoms with Crippen LogP contribution in [-0.4, -0.2) is 58.8 Å². The molecule has 3 aromatic rings. The minimum Gasteiger partial charge on any atom is -0.361 e. The van der Waals surface area contributed by atoms with Gasteiger partial charge in [-0.1, -0.05) is 42.5 Å². The maximum atomic E-state index is 13.5. The number of aromatic nitrogens is 1. The molecule has 1 unspecified atom stereocenters. The topological polar surface area (TPSA) is 68.4 Å². The van der Waals surface area contributed by atoms with Gasteiger partial charge in [0.25, 0.3) is 0 Å². The van der Waals surface area contributed by atoms with Crippen LogP contribution in [0.1, 0.15) is 30.0 Å². The normalized spacial score (nSPS) is 16.0. The number of nitrogens with one attached hydrogen (secondary N) is 2. The lowest BCUT2D eigenvalue weighted by Crippen LogP contribution is -2.50. The van der Waals surface area contributed by atoms with Gasteiger partial charge in [-0.25, -0.2) is 0 Å². The van der Waals surface area contributed by atoms with E-state index in [1.807, 2.05) is 35.4 Å². The van der Waals surface area contributed by atoms with Crippen molar-refractivity contribution in [2.75, 3.05) is 26.2 Å².